The number of aromatic amines is 2. The molecule has 6 rings (SSSR count). The van der Waals surface area contributed by atoms with Crippen LogP contribution < -0.4 is 0 Å². The largest absolute Gasteiger partial charge is 0.462 e. The van der Waals surface area contributed by atoms with Gasteiger partial charge in [-0.25, -0.2) is 9.97 Å². The van der Waals surface area contributed by atoms with Crippen molar-refractivity contribution in [1.82, 2.24) is 19.9 Å². The summed E-state index contributed by atoms with van der Waals surface area (Å²) >= 11 is 0. The molecule has 0 fully saturated rings. The maximum absolute atomic E-state index is 5.69. The molecule has 0 unspecified atom stereocenters. The minimum atomic E-state index is 0.797. The molecule has 128 valence electrons. The number of nitrogens with one attached hydrogen (secondary N) is 2. The van der Waals surface area contributed by atoms with Gasteiger partial charge in [-0.3, -0.25) is 0 Å². The second-order valence-electron chi connectivity index (χ2n) is 6.66. The van der Waals surface area contributed by atoms with Gasteiger partial charge >= 0.3 is 0 Å². The van der Waals surface area contributed by atoms with E-state index in [-0.39, 0.29) is 0 Å². The molecule has 0 radical (unpaired) electrons. The predicted molar refractivity (Wildman–Crippen MR) is 107 cm³/mol. The van der Waals surface area contributed by atoms with Gasteiger partial charge < -0.3 is 14.4 Å². The summed E-state index contributed by atoms with van der Waals surface area (Å²) in [6.45, 7) is 0. The summed E-state index contributed by atoms with van der Waals surface area (Å²) in [5.41, 5.74) is 8.50. The van der Waals surface area contributed by atoms with Crippen LogP contribution in [0.4, 0.5) is 0 Å². The molecule has 0 saturated carbocycles. The second kappa shape index (κ2) is 5.32. The third-order valence-corrected chi connectivity index (χ3v) is 4.75. The Kier molecular flexibility index (Phi) is 2.82. The van der Waals surface area contributed by atoms with Gasteiger partial charge in [0.2, 0.25) is 0 Å². The van der Waals surface area contributed by atoms with Gasteiger partial charge in [0.15, 0.2) is 5.76 Å². The standard InChI is InChI=1S/C22H14N4O/c1-2-14-10-16-4-6-18(25-16)12-21-22-19(7-8-27-22)20(26-21)11-17-5-3-15(24-17)9-13(1)23-14/h1-12,24-25H. The molecule has 27 heavy (non-hydrogen) atoms. The Morgan fingerprint density at radius 2 is 1.22 bits per heavy atom. The lowest BCUT2D eigenvalue weighted by Gasteiger charge is -1.87. The van der Waals surface area contributed by atoms with Crippen molar-refractivity contribution in [1.29, 1.82) is 0 Å². The van der Waals surface area contributed by atoms with Gasteiger partial charge in [-0.15, -0.1) is 0 Å². The molecule has 8 bridgehead atoms. The number of furan rings is 1. The Morgan fingerprint density at radius 3 is 1.89 bits per heavy atom. The molecule has 5 heteroatoms. The van der Waals surface area contributed by atoms with Crippen LogP contribution in [-0.2, 0) is 0 Å². The molecule has 0 aliphatic carbocycles. The third kappa shape index (κ3) is 2.40. The summed E-state index contributed by atoms with van der Waals surface area (Å²) in [5.74, 6) is 0.797. The first-order valence-corrected chi connectivity index (χ1v) is 8.75. The van der Waals surface area contributed by atoms with Crippen LogP contribution in [0.1, 0.15) is 11.4 Å². The van der Waals surface area contributed by atoms with E-state index in [0.717, 1.165) is 56.2 Å². The molecule has 0 saturated heterocycles. The van der Waals surface area contributed by atoms with Crippen molar-refractivity contribution in [2.75, 3.05) is 0 Å². The van der Waals surface area contributed by atoms with Crippen LogP contribution in [0, 0.1) is 0 Å². The molecule has 2 aliphatic rings. The van der Waals surface area contributed by atoms with Crippen molar-refractivity contribution < 1.29 is 4.42 Å². The van der Waals surface area contributed by atoms with Gasteiger partial charge in [0, 0.05) is 27.6 Å². The van der Waals surface area contributed by atoms with Crippen LogP contribution in [0.3, 0.4) is 0 Å². The Labute approximate surface area is 154 Å². The molecule has 6 heterocycles. The van der Waals surface area contributed by atoms with Crippen molar-refractivity contribution in [2.24, 2.45) is 0 Å². The Morgan fingerprint density at radius 1 is 0.630 bits per heavy atom. The number of H-pyrrole nitrogens is 2. The first-order chi connectivity index (χ1) is 13.3. The van der Waals surface area contributed by atoms with E-state index in [1.807, 2.05) is 66.7 Å². The monoisotopic (exact) mass is 350 g/mol. The lowest BCUT2D eigenvalue weighted by atomic mass is 10.2. The van der Waals surface area contributed by atoms with Gasteiger partial charge in [0.1, 0.15) is 5.69 Å². The molecule has 0 aromatic carbocycles. The van der Waals surface area contributed by atoms with Crippen molar-refractivity contribution in [3.05, 3.63) is 72.2 Å². The van der Waals surface area contributed by atoms with Crippen molar-refractivity contribution in [2.45, 2.75) is 0 Å². The van der Waals surface area contributed by atoms with Crippen molar-refractivity contribution in [3.8, 4) is 22.7 Å². The molecule has 0 atom stereocenters. The number of hydrogen-bond donors (Lipinski definition) is 2. The van der Waals surface area contributed by atoms with E-state index in [1.165, 1.54) is 0 Å². The maximum atomic E-state index is 5.69. The van der Waals surface area contributed by atoms with Gasteiger partial charge in [-0.1, -0.05) is 0 Å². The van der Waals surface area contributed by atoms with E-state index in [9.17, 15) is 0 Å². The first-order valence-electron chi connectivity index (χ1n) is 8.75. The molecule has 0 amide bonds. The molecule has 4 aromatic heterocycles. The van der Waals surface area contributed by atoms with Crippen LogP contribution in [-0.4, -0.2) is 19.9 Å². The van der Waals surface area contributed by atoms with Crippen LogP contribution in [0.5, 0.6) is 0 Å². The fourth-order valence-electron chi connectivity index (χ4n) is 3.52. The highest BCUT2D eigenvalue weighted by Crippen LogP contribution is 2.36. The molecular weight excluding hydrogens is 336 g/mol. The number of aromatic nitrogens is 4. The van der Waals surface area contributed by atoms with Crippen molar-refractivity contribution >= 4 is 34.2 Å². The smallest absolute Gasteiger partial charge is 0.161 e. The summed E-state index contributed by atoms with van der Waals surface area (Å²) in [6.07, 6.45) is 5.74. The highest BCUT2D eigenvalue weighted by atomic mass is 16.3. The van der Waals surface area contributed by atoms with Crippen molar-refractivity contribution in [3.63, 3.8) is 0 Å². The summed E-state index contributed by atoms with van der Waals surface area (Å²) in [5, 5.41) is 0. The van der Waals surface area contributed by atoms with E-state index in [2.05, 4.69) is 15.0 Å². The lowest BCUT2D eigenvalue weighted by Crippen LogP contribution is -1.74. The number of fused-ring (bicyclic) bond motifs is 11. The number of rotatable bonds is 0. The lowest BCUT2D eigenvalue weighted by molar-refractivity contribution is 0.582. The highest BCUT2D eigenvalue weighted by Gasteiger charge is 2.19. The van der Waals surface area contributed by atoms with E-state index >= 15 is 0 Å². The zero-order valence-electron chi connectivity index (χ0n) is 14.2. The van der Waals surface area contributed by atoms with Gasteiger partial charge in [-0.05, 0) is 66.7 Å². The molecule has 4 aromatic rings. The predicted octanol–water partition coefficient (Wildman–Crippen LogP) is 5.41. The number of hydrogen-bond acceptors (Lipinski definition) is 3. The SMILES string of the molecule is C1=Cc2cc3ccc(cc4nc(cc5ccc(cc1n2)[nH]5)-c1ccoc1-4)[nH]3. The van der Waals surface area contributed by atoms with Gasteiger partial charge in [-0.2, -0.15) is 0 Å². The van der Waals surface area contributed by atoms with Crippen LogP contribution in [0.15, 0.2) is 65.3 Å². The highest BCUT2D eigenvalue weighted by molar-refractivity contribution is 5.84. The average Bonchev–Trinajstić information content (AvgIpc) is 3.42. The van der Waals surface area contributed by atoms with E-state index in [4.69, 9.17) is 9.40 Å². The van der Waals surface area contributed by atoms with E-state index in [0.29, 0.717) is 0 Å². The second-order valence-corrected chi connectivity index (χ2v) is 6.66. The molecule has 2 N–H and O–H groups in total. The van der Waals surface area contributed by atoms with Crippen LogP contribution in [0.2, 0.25) is 0 Å². The molecule has 2 aliphatic heterocycles. The average molecular weight is 350 g/mol. The van der Waals surface area contributed by atoms with Gasteiger partial charge in [0.05, 0.1) is 23.3 Å². The number of nitrogens with zero attached hydrogens (tertiary/aromatic N) is 2. The Hall–Kier alpha value is -3.86. The summed E-state index contributed by atoms with van der Waals surface area (Å²) in [7, 11) is 0. The fourth-order valence-corrected chi connectivity index (χ4v) is 3.52. The fraction of sp³-hybridized carbons (Fsp3) is 0. The van der Waals surface area contributed by atoms with Crippen LogP contribution >= 0.6 is 0 Å². The first kappa shape index (κ1) is 14.3. The third-order valence-electron chi connectivity index (χ3n) is 4.75. The quantitative estimate of drug-likeness (QED) is 0.385. The van der Waals surface area contributed by atoms with Crippen LogP contribution in [0.25, 0.3) is 56.9 Å². The minimum Gasteiger partial charge on any atom is -0.462 e. The zero-order chi connectivity index (χ0) is 17.8. The Balaban J connectivity index is 1.73. The topological polar surface area (TPSA) is 70.5 Å². The molecule has 5 nitrogen and oxygen atoms in total. The van der Waals surface area contributed by atoms with Gasteiger partial charge in [0.25, 0.3) is 0 Å². The molecular formula is C22H14N4O. The summed E-state index contributed by atoms with van der Waals surface area (Å²) < 4.78 is 5.69. The summed E-state index contributed by atoms with van der Waals surface area (Å²) in [6, 6.07) is 18.2. The zero-order valence-corrected chi connectivity index (χ0v) is 14.2. The maximum Gasteiger partial charge on any atom is 0.161 e. The Bertz CT molecular complexity index is 1280. The normalized spacial score (nSPS) is 12.3. The van der Waals surface area contributed by atoms with E-state index in [1.54, 1.807) is 6.26 Å². The minimum absolute atomic E-state index is 0.797. The van der Waals surface area contributed by atoms with E-state index < -0.39 is 0 Å². The molecule has 0 spiro atoms. The summed E-state index contributed by atoms with van der Waals surface area (Å²) in [4.78, 5) is 16.2.